The number of carbonyl (C=O) groups is 1. The van der Waals surface area contributed by atoms with Gasteiger partial charge in [-0.25, -0.2) is 0 Å². The second-order valence-electron chi connectivity index (χ2n) is 5.99. The molecule has 0 aromatic heterocycles. The Morgan fingerprint density at radius 3 is 2.67 bits per heavy atom. The molecule has 2 fully saturated rings. The molecule has 3 nitrogen and oxygen atoms in total. The maximum atomic E-state index is 13.0. The maximum Gasteiger partial charge on any atom is 0.226 e. The Morgan fingerprint density at radius 1 is 1.24 bits per heavy atom. The Morgan fingerprint density at radius 2 is 1.95 bits per heavy atom. The van der Waals surface area contributed by atoms with Gasteiger partial charge in [-0.15, -0.1) is 0 Å². The van der Waals surface area contributed by atoms with E-state index in [0.717, 1.165) is 38.2 Å². The molecule has 114 valence electrons. The van der Waals surface area contributed by atoms with Crippen molar-refractivity contribution in [3.8, 4) is 0 Å². The summed E-state index contributed by atoms with van der Waals surface area (Å²) >= 11 is 1.98. The molecular weight excluding hydrogens is 280 g/mol. The van der Waals surface area contributed by atoms with E-state index in [2.05, 4.69) is 41.4 Å². The van der Waals surface area contributed by atoms with Gasteiger partial charge in [0.25, 0.3) is 0 Å². The molecule has 1 aromatic carbocycles. The fraction of sp³-hybridized carbons (Fsp3) is 0.588. The number of hydrogen-bond acceptors (Lipinski definition) is 3. The zero-order valence-corrected chi connectivity index (χ0v) is 13.4. The molecule has 0 aliphatic carbocycles. The number of thioether (sulfide) groups is 1. The zero-order chi connectivity index (χ0) is 14.7. The van der Waals surface area contributed by atoms with Crippen LogP contribution in [0.5, 0.6) is 0 Å². The van der Waals surface area contributed by atoms with Crippen LogP contribution in [0, 0.1) is 5.92 Å². The van der Waals surface area contributed by atoms with Crippen LogP contribution in [0.15, 0.2) is 30.3 Å². The van der Waals surface area contributed by atoms with Crippen LogP contribution in [-0.4, -0.2) is 41.4 Å². The van der Waals surface area contributed by atoms with Crippen molar-refractivity contribution in [2.45, 2.75) is 31.1 Å². The fourth-order valence-electron chi connectivity index (χ4n) is 3.47. The first-order valence-electron chi connectivity index (χ1n) is 7.95. The third kappa shape index (κ3) is 3.27. The average Bonchev–Trinajstić information content (AvgIpc) is 2.55. The highest BCUT2D eigenvalue weighted by Gasteiger charge is 2.36. The summed E-state index contributed by atoms with van der Waals surface area (Å²) in [6, 6.07) is 10.8. The number of benzene rings is 1. The molecule has 1 aromatic rings. The molecular formula is C17H24N2OS. The Bertz CT molecular complexity index is 473. The lowest BCUT2D eigenvalue weighted by molar-refractivity contribution is -0.138. The molecule has 2 saturated heterocycles. The molecule has 1 N–H and O–H groups in total. The van der Waals surface area contributed by atoms with E-state index in [1.165, 1.54) is 5.56 Å². The SMILES string of the molecule is CC1SCCN(C(=O)C2CCNCC2)C1c1ccccc1. The van der Waals surface area contributed by atoms with Crippen molar-refractivity contribution < 1.29 is 4.79 Å². The van der Waals surface area contributed by atoms with E-state index < -0.39 is 0 Å². The highest BCUT2D eigenvalue weighted by molar-refractivity contribution is 8.00. The predicted molar refractivity (Wildman–Crippen MR) is 88.4 cm³/mol. The zero-order valence-electron chi connectivity index (χ0n) is 12.6. The number of rotatable bonds is 2. The molecule has 4 heteroatoms. The van der Waals surface area contributed by atoms with Crippen LogP contribution < -0.4 is 5.32 Å². The van der Waals surface area contributed by atoms with E-state index in [4.69, 9.17) is 0 Å². The summed E-state index contributed by atoms with van der Waals surface area (Å²) in [7, 11) is 0. The molecule has 2 atom stereocenters. The monoisotopic (exact) mass is 304 g/mol. The van der Waals surface area contributed by atoms with Gasteiger partial charge in [-0.2, -0.15) is 11.8 Å². The maximum absolute atomic E-state index is 13.0. The van der Waals surface area contributed by atoms with Crippen LogP contribution in [0.25, 0.3) is 0 Å². The highest BCUT2D eigenvalue weighted by Crippen LogP contribution is 2.37. The van der Waals surface area contributed by atoms with E-state index in [1.807, 2.05) is 17.8 Å². The molecule has 0 spiro atoms. The van der Waals surface area contributed by atoms with Gasteiger partial charge in [0.15, 0.2) is 0 Å². The van der Waals surface area contributed by atoms with Gasteiger partial charge in [0.1, 0.15) is 0 Å². The predicted octanol–water partition coefficient (Wildman–Crippen LogP) is 2.69. The van der Waals surface area contributed by atoms with Gasteiger partial charge >= 0.3 is 0 Å². The second-order valence-corrected chi connectivity index (χ2v) is 7.47. The molecule has 2 heterocycles. The van der Waals surface area contributed by atoms with Crippen molar-refractivity contribution in [2.24, 2.45) is 5.92 Å². The van der Waals surface area contributed by atoms with Crippen LogP contribution in [0.4, 0.5) is 0 Å². The summed E-state index contributed by atoms with van der Waals surface area (Å²) in [5.74, 6) is 1.64. The van der Waals surface area contributed by atoms with Gasteiger partial charge in [0, 0.05) is 23.5 Å². The standard InChI is InChI=1S/C17H24N2OS/c1-13-16(14-5-3-2-4-6-14)19(11-12-21-13)17(20)15-7-9-18-10-8-15/h2-6,13,15-16,18H,7-12H2,1H3. The Labute approximate surface area is 131 Å². The minimum Gasteiger partial charge on any atom is -0.333 e. The summed E-state index contributed by atoms with van der Waals surface area (Å²) in [5, 5.41) is 3.81. The summed E-state index contributed by atoms with van der Waals surface area (Å²) in [6.07, 6.45) is 1.97. The third-order valence-corrected chi connectivity index (χ3v) is 5.81. The van der Waals surface area contributed by atoms with E-state index in [0.29, 0.717) is 11.2 Å². The summed E-state index contributed by atoms with van der Waals surface area (Å²) < 4.78 is 0. The lowest BCUT2D eigenvalue weighted by atomic mass is 9.94. The van der Waals surface area contributed by atoms with Crippen LogP contribution in [0.2, 0.25) is 0 Å². The lowest BCUT2D eigenvalue weighted by Crippen LogP contribution is -2.48. The van der Waals surface area contributed by atoms with E-state index in [9.17, 15) is 4.79 Å². The van der Waals surface area contributed by atoms with Crippen LogP contribution in [0.1, 0.15) is 31.4 Å². The van der Waals surface area contributed by atoms with Crippen molar-refractivity contribution in [2.75, 3.05) is 25.4 Å². The highest BCUT2D eigenvalue weighted by atomic mass is 32.2. The first-order chi connectivity index (χ1) is 10.3. The summed E-state index contributed by atoms with van der Waals surface area (Å²) in [4.78, 5) is 15.1. The first kappa shape index (κ1) is 14.9. The Hall–Kier alpha value is -1.00. The molecule has 21 heavy (non-hydrogen) atoms. The number of hydrogen-bond donors (Lipinski definition) is 1. The quantitative estimate of drug-likeness (QED) is 0.912. The number of carbonyl (C=O) groups excluding carboxylic acids is 1. The number of nitrogens with one attached hydrogen (secondary N) is 1. The molecule has 2 aliphatic rings. The fourth-order valence-corrected chi connectivity index (χ4v) is 4.63. The number of amides is 1. The molecule has 0 saturated carbocycles. The third-order valence-electron chi connectivity index (χ3n) is 4.61. The van der Waals surface area contributed by atoms with E-state index in [1.54, 1.807) is 0 Å². The summed E-state index contributed by atoms with van der Waals surface area (Å²) in [6.45, 7) is 5.09. The number of nitrogens with zero attached hydrogens (tertiary/aromatic N) is 1. The average molecular weight is 304 g/mol. The second kappa shape index (κ2) is 6.84. The topological polar surface area (TPSA) is 32.3 Å². The van der Waals surface area contributed by atoms with Gasteiger partial charge in [0.2, 0.25) is 5.91 Å². The van der Waals surface area contributed by atoms with Crippen LogP contribution in [-0.2, 0) is 4.79 Å². The minimum absolute atomic E-state index is 0.216. The van der Waals surface area contributed by atoms with Gasteiger partial charge in [-0.05, 0) is 31.5 Å². The van der Waals surface area contributed by atoms with Gasteiger partial charge in [-0.3, -0.25) is 4.79 Å². The molecule has 2 unspecified atom stereocenters. The summed E-state index contributed by atoms with van der Waals surface area (Å²) in [5.41, 5.74) is 1.28. The first-order valence-corrected chi connectivity index (χ1v) is 9.00. The Kier molecular flexibility index (Phi) is 4.86. The molecule has 2 aliphatic heterocycles. The normalized spacial score (nSPS) is 27.6. The molecule has 3 rings (SSSR count). The minimum atomic E-state index is 0.216. The van der Waals surface area contributed by atoms with Crippen LogP contribution in [0.3, 0.4) is 0 Å². The van der Waals surface area contributed by atoms with Crippen molar-refractivity contribution in [3.05, 3.63) is 35.9 Å². The van der Waals surface area contributed by atoms with Crippen molar-refractivity contribution in [1.82, 2.24) is 10.2 Å². The smallest absolute Gasteiger partial charge is 0.226 e. The largest absolute Gasteiger partial charge is 0.333 e. The van der Waals surface area contributed by atoms with Gasteiger partial charge in [-0.1, -0.05) is 37.3 Å². The van der Waals surface area contributed by atoms with Crippen LogP contribution >= 0.6 is 11.8 Å². The Balaban J connectivity index is 1.82. The van der Waals surface area contributed by atoms with Gasteiger partial charge < -0.3 is 10.2 Å². The van der Waals surface area contributed by atoms with Crippen molar-refractivity contribution >= 4 is 17.7 Å². The number of piperidine rings is 1. The van der Waals surface area contributed by atoms with Crippen molar-refractivity contribution in [3.63, 3.8) is 0 Å². The van der Waals surface area contributed by atoms with E-state index in [-0.39, 0.29) is 12.0 Å². The van der Waals surface area contributed by atoms with Crippen molar-refractivity contribution in [1.29, 1.82) is 0 Å². The van der Waals surface area contributed by atoms with E-state index >= 15 is 0 Å². The lowest BCUT2D eigenvalue weighted by Gasteiger charge is -2.42. The van der Waals surface area contributed by atoms with Gasteiger partial charge in [0.05, 0.1) is 6.04 Å². The molecule has 1 amide bonds. The molecule has 0 bridgehead atoms. The molecule has 0 radical (unpaired) electrons.